The molecular weight excluding hydrogens is 326 g/mol. The van der Waals surface area contributed by atoms with E-state index in [1.165, 1.54) is 16.3 Å². The summed E-state index contributed by atoms with van der Waals surface area (Å²) in [6, 6.07) is 10.1. The second-order valence-electron chi connectivity index (χ2n) is 7.14. The van der Waals surface area contributed by atoms with Crippen molar-refractivity contribution in [2.24, 2.45) is 5.92 Å². The third kappa shape index (κ3) is 3.47. The van der Waals surface area contributed by atoms with Gasteiger partial charge in [-0.15, -0.1) is 0 Å². The molecule has 4 rings (SSSR count). The molecular formula is C21H23N3O2. The van der Waals surface area contributed by atoms with Gasteiger partial charge in [0.05, 0.1) is 0 Å². The maximum atomic E-state index is 12.6. The van der Waals surface area contributed by atoms with Crippen molar-refractivity contribution in [1.29, 1.82) is 0 Å². The van der Waals surface area contributed by atoms with Crippen LogP contribution in [0, 0.1) is 12.8 Å². The Morgan fingerprint density at radius 3 is 2.96 bits per heavy atom. The first-order chi connectivity index (χ1) is 12.7. The van der Waals surface area contributed by atoms with Crippen LogP contribution in [0.2, 0.25) is 0 Å². The number of rotatable bonds is 3. The highest BCUT2D eigenvalue weighted by Gasteiger charge is 2.24. The van der Waals surface area contributed by atoms with E-state index in [-0.39, 0.29) is 5.91 Å². The number of fused-ring (bicyclic) bond motifs is 1. The van der Waals surface area contributed by atoms with Crippen LogP contribution in [-0.2, 0) is 6.42 Å². The Hall–Kier alpha value is -2.69. The standard InChI is InChI=1S/C21H23N3O2/c1-15-11-20(23-26-15)21(25)24-9-4-5-16(8-10-24)12-18-14-22-13-17-6-2-3-7-19(17)18/h2-3,6-7,11,13-14,16H,4-5,8-10,12H2,1H3/t16-/m0/s1. The van der Waals surface area contributed by atoms with Crippen LogP contribution in [0.15, 0.2) is 47.2 Å². The first-order valence-electron chi connectivity index (χ1n) is 9.25. The average molecular weight is 349 g/mol. The molecule has 26 heavy (non-hydrogen) atoms. The van der Waals surface area contributed by atoms with Crippen LogP contribution in [0.1, 0.15) is 41.1 Å². The number of pyridine rings is 1. The largest absolute Gasteiger partial charge is 0.361 e. The van der Waals surface area contributed by atoms with E-state index in [9.17, 15) is 4.79 Å². The normalized spacial score (nSPS) is 18.0. The number of aromatic nitrogens is 2. The molecule has 5 heteroatoms. The Kier molecular flexibility index (Phi) is 4.69. The molecule has 5 nitrogen and oxygen atoms in total. The molecule has 0 aliphatic carbocycles. The van der Waals surface area contributed by atoms with Gasteiger partial charge in [-0.3, -0.25) is 9.78 Å². The maximum Gasteiger partial charge on any atom is 0.276 e. The van der Waals surface area contributed by atoms with Crippen LogP contribution in [-0.4, -0.2) is 34.0 Å². The van der Waals surface area contributed by atoms with E-state index in [0.717, 1.165) is 38.8 Å². The summed E-state index contributed by atoms with van der Waals surface area (Å²) in [6.07, 6.45) is 8.09. The predicted octanol–water partition coefficient (Wildman–Crippen LogP) is 4.02. The van der Waals surface area contributed by atoms with Crippen molar-refractivity contribution in [3.8, 4) is 0 Å². The molecule has 1 fully saturated rings. The van der Waals surface area contributed by atoms with E-state index in [2.05, 4.69) is 34.4 Å². The van der Waals surface area contributed by atoms with Gasteiger partial charge in [-0.1, -0.05) is 29.4 Å². The van der Waals surface area contributed by atoms with Crippen LogP contribution in [0.4, 0.5) is 0 Å². The Balaban J connectivity index is 1.44. The SMILES string of the molecule is Cc1cc(C(=O)N2CCC[C@H](Cc3cncc4ccccc34)CC2)no1. The van der Waals surface area contributed by atoms with Crippen LogP contribution in [0.25, 0.3) is 10.8 Å². The molecule has 3 aromatic rings. The summed E-state index contributed by atoms with van der Waals surface area (Å²) in [5.74, 6) is 1.22. The lowest BCUT2D eigenvalue weighted by atomic mass is 9.91. The highest BCUT2D eigenvalue weighted by molar-refractivity contribution is 5.92. The number of likely N-dealkylation sites (tertiary alicyclic amines) is 1. The Bertz CT molecular complexity index is 913. The molecule has 0 unspecified atom stereocenters. The van der Waals surface area contributed by atoms with Gasteiger partial charge in [0.2, 0.25) is 0 Å². The minimum atomic E-state index is -0.0191. The zero-order valence-electron chi connectivity index (χ0n) is 15.0. The number of carbonyl (C=O) groups is 1. The summed E-state index contributed by atoms with van der Waals surface area (Å²) in [5, 5.41) is 6.35. The molecule has 0 radical (unpaired) electrons. The molecule has 0 N–H and O–H groups in total. The molecule has 0 saturated carbocycles. The molecule has 1 aliphatic rings. The van der Waals surface area contributed by atoms with Crippen molar-refractivity contribution >= 4 is 16.7 Å². The van der Waals surface area contributed by atoms with Crippen LogP contribution in [0.5, 0.6) is 0 Å². The van der Waals surface area contributed by atoms with E-state index in [0.29, 0.717) is 17.4 Å². The number of hydrogen-bond acceptors (Lipinski definition) is 4. The first-order valence-corrected chi connectivity index (χ1v) is 9.25. The monoisotopic (exact) mass is 349 g/mol. The third-order valence-corrected chi connectivity index (χ3v) is 5.24. The van der Waals surface area contributed by atoms with Crippen molar-refractivity contribution in [3.63, 3.8) is 0 Å². The number of benzene rings is 1. The van der Waals surface area contributed by atoms with Gasteiger partial charge in [0.1, 0.15) is 5.76 Å². The van der Waals surface area contributed by atoms with Gasteiger partial charge in [0.25, 0.3) is 5.91 Å². The fourth-order valence-electron chi connectivity index (χ4n) is 3.85. The molecule has 2 aromatic heterocycles. The summed E-state index contributed by atoms with van der Waals surface area (Å²) < 4.78 is 5.04. The van der Waals surface area contributed by atoms with E-state index < -0.39 is 0 Å². The second-order valence-corrected chi connectivity index (χ2v) is 7.14. The Labute approximate surface area is 153 Å². The van der Waals surface area contributed by atoms with Gasteiger partial charge >= 0.3 is 0 Å². The molecule has 3 heterocycles. The average Bonchev–Trinajstić information content (AvgIpc) is 2.96. The number of carbonyl (C=O) groups excluding carboxylic acids is 1. The first kappa shape index (κ1) is 16.8. The lowest BCUT2D eigenvalue weighted by Crippen LogP contribution is -2.32. The molecule has 1 aromatic carbocycles. The van der Waals surface area contributed by atoms with Crippen LogP contribution < -0.4 is 0 Å². The van der Waals surface area contributed by atoms with Gasteiger partial charge in [-0.2, -0.15) is 0 Å². The van der Waals surface area contributed by atoms with Crippen molar-refractivity contribution in [2.45, 2.75) is 32.6 Å². The zero-order valence-corrected chi connectivity index (χ0v) is 15.0. The van der Waals surface area contributed by atoms with Crippen LogP contribution >= 0.6 is 0 Å². The number of hydrogen-bond donors (Lipinski definition) is 0. The quantitative estimate of drug-likeness (QED) is 0.717. The minimum absolute atomic E-state index is 0.0191. The minimum Gasteiger partial charge on any atom is -0.361 e. The van der Waals surface area contributed by atoms with E-state index in [1.807, 2.05) is 17.3 Å². The Morgan fingerprint density at radius 1 is 1.23 bits per heavy atom. The molecule has 1 saturated heterocycles. The number of nitrogens with zero attached hydrogens (tertiary/aromatic N) is 3. The summed E-state index contributed by atoms with van der Waals surface area (Å²) in [7, 11) is 0. The second kappa shape index (κ2) is 7.28. The molecule has 1 atom stereocenters. The van der Waals surface area contributed by atoms with Gasteiger partial charge in [0, 0.05) is 36.9 Å². The fraction of sp³-hybridized carbons (Fsp3) is 0.381. The van der Waals surface area contributed by atoms with E-state index in [1.54, 1.807) is 13.0 Å². The van der Waals surface area contributed by atoms with Gasteiger partial charge < -0.3 is 9.42 Å². The van der Waals surface area contributed by atoms with Crippen molar-refractivity contribution in [1.82, 2.24) is 15.0 Å². The predicted molar refractivity (Wildman–Crippen MR) is 99.9 cm³/mol. The number of amides is 1. The van der Waals surface area contributed by atoms with Crippen molar-refractivity contribution < 1.29 is 9.32 Å². The maximum absolute atomic E-state index is 12.6. The number of aryl methyl sites for hydroxylation is 1. The fourth-order valence-corrected chi connectivity index (χ4v) is 3.85. The summed E-state index contributed by atoms with van der Waals surface area (Å²) in [6.45, 7) is 3.36. The van der Waals surface area contributed by atoms with E-state index in [4.69, 9.17) is 4.52 Å². The molecule has 0 spiro atoms. The highest BCUT2D eigenvalue weighted by Crippen LogP contribution is 2.26. The van der Waals surface area contributed by atoms with Crippen LogP contribution in [0.3, 0.4) is 0 Å². The lowest BCUT2D eigenvalue weighted by molar-refractivity contribution is 0.0749. The summed E-state index contributed by atoms with van der Waals surface area (Å²) in [5.41, 5.74) is 1.72. The molecule has 0 bridgehead atoms. The van der Waals surface area contributed by atoms with E-state index >= 15 is 0 Å². The summed E-state index contributed by atoms with van der Waals surface area (Å²) >= 11 is 0. The highest BCUT2D eigenvalue weighted by atomic mass is 16.5. The third-order valence-electron chi connectivity index (χ3n) is 5.24. The molecule has 1 amide bonds. The van der Waals surface area contributed by atoms with Crippen molar-refractivity contribution in [3.05, 3.63) is 59.7 Å². The van der Waals surface area contributed by atoms with Gasteiger partial charge in [-0.05, 0) is 49.5 Å². The topological polar surface area (TPSA) is 59.2 Å². The smallest absolute Gasteiger partial charge is 0.276 e. The van der Waals surface area contributed by atoms with Gasteiger partial charge in [-0.25, -0.2) is 0 Å². The molecule has 134 valence electrons. The van der Waals surface area contributed by atoms with Crippen molar-refractivity contribution in [2.75, 3.05) is 13.1 Å². The van der Waals surface area contributed by atoms with Gasteiger partial charge in [0.15, 0.2) is 5.69 Å². The lowest BCUT2D eigenvalue weighted by Gasteiger charge is -2.19. The summed E-state index contributed by atoms with van der Waals surface area (Å²) in [4.78, 5) is 18.9. The molecule has 1 aliphatic heterocycles. The zero-order chi connectivity index (χ0) is 17.9. The Morgan fingerprint density at radius 2 is 2.12 bits per heavy atom.